The van der Waals surface area contributed by atoms with Gasteiger partial charge >= 0.3 is 34.1 Å². The Morgan fingerprint density at radius 1 is 0.700 bits per heavy atom. The van der Waals surface area contributed by atoms with Gasteiger partial charge in [0.05, 0.1) is 0 Å². The van der Waals surface area contributed by atoms with E-state index in [1.165, 1.54) is 38.5 Å². The third-order valence-electron chi connectivity index (χ3n) is 2.48. The summed E-state index contributed by atoms with van der Waals surface area (Å²) in [4.78, 5) is 0. The first-order chi connectivity index (χ1) is 7.76. The molecule has 0 aliphatic rings. The van der Waals surface area contributed by atoms with Crippen LogP contribution in [0.25, 0.3) is 0 Å². The molecule has 0 saturated heterocycles. The van der Waals surface area contributed by atoms with Gasteiger partial charge in [-0.25, -0.2) is 0 Å². The smallest absolute Gasteiger partial charge is 1.00 e. The zero-order valence-corrected chi connectivity index (χ0v) is 19.5. The minimum Gasteiger partial charge on any atom is -1.00 e. The van der Waals surface area contributed by atoms with Crippen LogP contribution in [0, 0.1) is 0 Å². The van der Waals surface area contributed by atoms with Gasteiger partial charge in [0.1, 0.15) is 0 Å². The first-order valence-corrected chi connectivity index (χ1v) is 10.4. The molecule has 0 heterocycles. The Balaban J connectivity index is -0.0000000641. The summed E-state index contributed by atoms with van der Waals surface area (Å²) in [6, 6.07) is 0. The van der Waals surface area contributed by atoms with Crippen LogP contribution in [-0.2, 0) is 34.1 Å². The van der Waals surface area contributed by atoms with Gasteiger partial charge in [-0.05, 0) is 50.3 Å². The van der Waals surface area contributed by atoms with Gasteiger partial charge < -0.3 is 29.4 Å². The average molecular weight is 507 g/mol. The van der Waals surface area contributed by atoms with Crippen molar-refractivity contribution >= 4 is 19.7 Å². The van der Waals surface area contributed by atoms with Gasteiger partial charge in [-0.15, -0.1) is 7.92 Å². The van der Waals surface area contributed by atoms with Gasteiger partial charge in [0.2, 0.25) is 0 Å². The predicted molar refractivity (Wildman–Crippen MR) is 85.7 cm³/mol. The van der Waals surface area contributed by atoms with Crippen molar-refractivity contribution in [1.29, 1.82) is 0 Å². The maximum absolute atomic E-state index is 2.31. The maximum Gasteiger partial charge on any atom is 1.00 e. The van der Waals surface area contributed by atoms with Crippen molar-refractivity contribution in [3.63, 3.8) is 0 Å². The van der Waals surface area contributed by atoms with E-state index in [-0.39, 0.29) is 63.5 Å². The van der Waals surface area contributed by atoms with Gasteiger partial charge in [-0.1, -0.05) is 40.0 Å². The molecule has 0 rings (SSSR count). The van der Waals surface area contributed by atoms with Crippen LogP contribution in [0.3, 0.4) is 0 Å². The molecule has 0 bridgehead atoms. The largest absolute Gasteiger partial charge is 1.00 e. The van der Waals surface area contributed by atoms with Crippen LogP contribution in [0.15, 0.2) is 0 Å². The number of rotatable bonds is 9. The fraction of sp³-hybridized carbons (Fsp3) is 1.00. The molecular weight excluding hydrogens is 474 g/mol. The summed E-state index contributed by atoms with van der Waals surface area (Å²) in [5.74, 6) is 0. The number of hydrogen-bond acceptors (Lipinski definition) is 1. The number of unbranched alkanes of at least 4 members (excludes halogenated alkanes) is 3. The summed E-state index contributed by atoms with van der Waals surface area (Å²) >= 11 is 1.75. The minimum absolute atomic E-state index is 0. The molecule has 20 heavy (non-hydrogen) atoms. The molecule has 6 heteroatoms. The molecule has 136 valence electrons. The topological polar surface area (TPSA) is 0 Å². The first-order valence-electron chi connectivity index (χ1n) is 6.89. The van der Waals surface area contributed by atoms with Crippen LogP contribution in [0.4, 0.5) is 0 Å². The molecule has 0 nitrogen and oxygen atoms in total. The fourth-order valence-electron chi connectivity index (χ4n) is 1.48. The second-order valence-electron chi connectivity index (χ2n) is 4.31. The van der Waals surface area contributed by atoms with E-state index in [0.717, 1.165) is 0 Å². The number of hydrogen-bond donors (Lipinski definition) is 0. The molecule has 0 radical (unpaired) electrons. The van der Waals surface area contributed by atoms with Crippen LogP contribution in [-0.4, -0.2) is 31.0 Å². The molecule has 0 aliphatic heterocycles. The van der Waals surface area contributed by atoms with Gasteiger partial charge in [-0.2, -0.15) is 11.8 Å². The molecule has 0 fully saturated rings. The molecule has 0 spiro atoms. The van der Waals surface area contributed by atoms with E-state index in [1.54, 1.807) is 30.2 Å². The summed E-state index contributed by atoms with van der Waals surface area (Å²) in [5.41, 5.74) is 0. The number of thioether (sulfide) groups is 1. The van der Waals surface area contributed by atoms with Crippen molar-refractivity contribution < 1.29 is 63.5 Å². The Labute approximate surface area is 172 Å². The first kappa shape index (κ1) is 38.3. The Morgan fingerprint density at radius 2 is 0.900 bits per heavy atom. The summed E-state index contributed by atoms with van der Waals surface area (Å²) in [6.07, 6.45) is 17.3. The molecule has 0 aromatic rings. The predicted octanol–water partition coefficient (Wildman–Crippen LogP) is -0.149. The van der Waals surface area contributed by atoms with Gasteiger partial charge in [-0.3, -0.25) is 0 Å². The molecule has 0 unspecified atom stereocenters. The zero-order chi connectivity index (χ0) is 12.6. The van der Waals surface area contributed by atoms with E-state index in [0.29, 0.717) is 7.92 Å². The van der Waals surface area contributed by atoms with Gasteiger partial charge in [0, 0.05) is 0 Å². The molecule has 0 aromatic carbocycles. The summed E-state index contributed by atoms with van der Waals surface area (Å²) < 4.78 is 0. The van der Waals surface area contributed by atoms with Crippen molar-refractivity contribution in [2.24, 2.45) is 0 Å². The van der Waals surface area contributed by atoms with E-state index in [2.05, 4.69) is 20.8 Å². The van der Waals surface area contributed by atoms with Crippen molar-refractivity contribution in [1.82, 2.24) is 0 Å². The third-order valence-corrected chi connectivity index (χ3v) is 5.33. The Kier molecular flexibility index (Phi) is 72.0. The van der Waals surface area contributed by atoms with Crippen molar-refractivity contribution in [3.05, 3.63) is 0 Å². The van der Waals surface area contributed by atoms with Crippen LogP contribution in [0.5, 0.6) is 0 Å². The standard InChI is InChI=1S/C12H27P.C2H6S.BrH.ClH.2Cu/c1-4-7-10-13(11-8-5-2)12-9-6-3;1-3-2;;;;/h4-12H2,1-3H3;1-2H3;2*1H;;/q;;;;2*+1/p-2. The summed E-state index contributed by atoms with van der Waals surface area (Å²) in [6.45, 7) is 6.94. The Hall–Kier alpha value is 2.59. The molecule has 0 aromatic heterocycles. The Bertz CT molecular complexity index is 108. The molecule has 0 saturated carbocycles. The van der Waals surface area contributed by atoms with Crippen LogP contribution < -0.4 is 29.4 Å². The van der Waals surface area contributed by atoms with E-state index in [9.17, 15) is 0 Å². The van der Waals surface area contributed by atoms with Crippen molar-refractivity contribution in [3.8, 4) is 0 Å². The maximum atomic E-state index is 2.31. The summed E-state index contributed by atoms with van der Waals surface area (Å²) in [5, 5.41) is 0. The number of halogens is 2. The second-order valence-corrected chi connectivity index (χ2v) is 7.81. The Morgan fingerprint density at radius 3 is 1.05 bits per heavy atom. The van der Waals surface area contributed by atoms with Crippen LogP contribution in [0.2, 0.25) is 0 Å². The van der Waals surface area contributed by atoms with Crippen molar-refractivity contribution in [2.45, 2.75) is 59.3 Å². The van der Waals surface area contributed by atoms with Crippen LogP contribution in [0.1, 0.15) is 59.3 Å². The molecule has 0 N–H and O–H groups in total. The van der Waals surface area contributed by atoms with Crippen LogP contribution >= 0.6 is 19.7 Å². The fourth-order valence-corrected chi connectivity index (χ4v) is 4.44. The molecule has 0 atom stereocenters. The van der Waals surface area contributed by atoms with E-state index in [1.807, 2.05) is 12.5 Å². The van der Waals surface area contributed by atoms with E-state index < -0.39 is 0 Å². The van der Waals surface area contributed by atoms with Gasteiger partial charge in [0.15, 0.2) is 0 Å². The molecule has 0 amide bonds. The quantitative estimate of drug-likeness (QED) is 0.310. The van der Waals surface area contributed by atoms with E-state index >= 15 is 0 Å². The average Bonchev–Trinajstić information content (AvgIpc) is 2.29. The monoisotopic (exact) mass is 504 g/mol. The third kappa shape index (κ3) is 37.1. The minimum atomic E-state index is 0. The van der Waals surface area contributed by atoms with Crippen molar-refractivity contribution in [2.75, 3.05) is 31.0 Å². The molecular formula is C14H33BrClCu2PS. The SMILES string of the molecule is CCCCP(CCCC)CCCC.CSC.[Br-].[Cl-].[Cu+].[Cu+]. The second kappa shape index (κ2) is 37.7. The molecule has 0 aliphatic carbocycles. The summed E-state index contributed by atoms with van der Waals surface area (Å²) in [7, 11) is 0.422. The van der Waals surface area contributed by atoms with E-state index in [4.69, 9.17) is 0 Å². The van der Waals surface area contributed by atoms with Gasteiger partial charge in [0.25, 0.3) is 0 Å². The normalized spacial score (nSPS) is 8.10. The zero-order valence-electron chi connectivity index (χ0n) is 13.6.